The molecule has 0 heterocycles. The third kappa shape index (κ3) is 6.43. The lowest BCUT2D eigenvalue weighted by Crippen LogP contribution is -2.66. The normalized spacial score (nSPS) is 12.2. The van der Waals surface area contributed by atoms with Gasteiger partial charge in [0, 0.05) is 0 Å². The Balaban J connectivity index is 3.89. The Kier molecular flexibility index (Phi) is 8.29. The van der Waals surface area contributed by atoms with Gasteiger partial charge in [-0.2, -0.15) is 16.4 Å². The first-order valence-corrected chi connectivity index (χ1v) is 5.85. The minimum Gasteiger partial charge on any atom is -0.299 e. The van der Waals surface area contributed by atoms with Gasteiger partial charge in [0.15, 0.2) is 5.41 Å². The molecule has 0 aliphatic rings. The summed E-state index contributed by atoms with van der Waals surface area (Å²) in [6, 6.07) is 0. The number of hydroxylamine groups is 3. The van der Waals surface area contributed by atoms with E-state index in [0.717, 1.165) is 0 Å². The van der Waals surface area contributed by atoms with Gasteiger partial charge >= 0.3 is 0 Å². The van der Waals surface area contributed by atoms with E-state index in [2.05, 4.69) is 16.4 Å². The molecule has 0 saturated carbocycles. The van der Waals surface area contributed by atoms with E-state index in [4.69, 9.17) is 14.5 Å². The van der Waals surface area contributed by atoms with Crippen LogP contribution in [0.2, 0.25) is 0 Å². The fourth-order valence-electron chi connectivity index (χ4n) is 0.712. The van der Waals surface area contributed by atoms with Crippen molar-refractivity contribution in [3.63, 3.8) is 0 Å². The Morgan fingerprint density at radius 3 is 1.36 bits per heavy atom. The molecule has 0 radical (unpaired) electrons. The van der Waals surface area contributed by atoms with E-state index in [1.807, 2.05) is 20.8 Å². The highest BCUT2D eigenvalue weighted by atomic mass is 28.1. The molecule has 0 aromatic heterocycles. The van der Waals surface area contributed by atoms with Crippen molar-refractivity contribution in [3.05, 3.63) is 0 Å². The van der Waals surface area contributed by atoms with Crippen LogP contribution < -0.4 is 16.4 Å². The molecule has 0 rings (SSSR count). The van der Waals surface area contributed by atoms with Gasteiger partial charge in [0.1, 0.15) is 0 Å². The Morgan fingerprint density at radius 1 is 0.857 bits per heavy atom. The number of nitrogens with one attached hydrogen (secondary N) is 3. The highest BCUT2D eigenvalue weighted by Gasteiger charge is 2.23. The fourth-order valence-corrected chi connectivity index (χ4v) is 1.15. The summed E-state index contributed by atoms with van der Waals surface area (Å²) >= 11 is 0. The summed E-state index contributed by atoms with van der Waals surface area (Å²) in [6.45, 7) is 7.42. The van der Waals surface area contributed by atoms with Gasteiger partial charge in [-0.3, -0.25) is 14.5 Å². The lowest BCUT2D eigenvalue weighted by atomic mass is 10.8. The van der Waals surface area contributed by atoms with Crippen molar-refractivity contribution >= 4 is 10.2 Å². The minimum atomic E-state index is -0.623. The Bertz CT molecular complexity index is 118. The smallest absolute Gasteiger partial charge is 0.162 e. The van der Waals surface area contributed by atoms with Gasteiger partial charge < -0.3 is 0 Å². The van der Waals surface area contributed by atoms with Crippen molar-refractivity contribution in [2.45, 2.75) is 26.2 Å². The minimum absolute atomic E-state index is 0.575. The molecular formula is C7H21N3O3Si. The van der Waals surface area contributed by atoms with Crippen LogP contribution in [0.25, 0.3) is 0 Å². The summed E-state index contributed by atoms with van der Waals surface area (Å²) < 4.78 is 0. The molecule has 0 unspecified atom stereocenters. The largest absolute Gasteiger partial charge is 0.299 e. The molecule has 7 heteroatoms. The highest BCUT2D eigenvalue weighted by molar-refractivity contribution is 6.14. The summed E-state index contributed by atoms with van der Waals surface area (Å²) in [5.41, 5.74) is 7.79. The zero-order chi connectivity index (χ0) is 10.9. The molecular weight excluding hydrogens is 202 g/mol. The van der Waals surface area contributed by atoms with Crippen LogP contribution in [0.5, 0.6) is 0 Å². The van der Waals surface area contributed by atoms with Crippen LogP contribution in [0.15, 0.2) is 0 Å². The third-order valence-corrected chi connectivity index (χ3v) is 1.87. The predicted molar refractivity (Wildman–Crippen MR) is 57.0 cm³/mol. The average Bonchev–Trinajstić information content (AvgIpc) is 2.21. The molecule has 0 aromatic rings. The molecule has 6 nitrogen and oxygen atoms in total. The van der Waals surface area contributed by atoms with Crippen LogP contribution in [0.1, 0.15) is 20.8 Å². The molecule has 3 N–H and O–H groups in total. The zero-order valence-electron chi connectivity index (χ0n) is 9.35. The molecule has 86 valence electrons. The molecule has 0 atom stereocenters. The van der Waals surface area contributed by atoms with Gasteiger partial charge in [-0.05, 0) is 20.8 Å². The average molecular weight is 223 g/mol. The first-order chi connectivity index (χ1) is 6.68. The van der Waals surface area contributed by atoms with Crippen molar-refractivity contribution in [1.82, 2.24) is 16.4 Å². The van der Waals surface area contributed by atoms with Crippen LogP contribution in [-0.4, -0.2) is 35.5 Å². The van der Waals surface area contributed by atoms with E-state index in [-0.39, 0.29) is 0 Å². The molecule has 0 amide bonds. The maximum atomic E-state index is 5.09. The van der Waals surface area contributed by atoms with E-state index in [9.17, 15) is 0 Å². The Labute approximate surface area is 88.0 Å². The number of hydrogen-bond acceptors (Lipinski definition) is 6. The summed E-state index contributed by atoms with van der Waals surface area (Å²) in [5.74, 6) is 0. The molecule has 0 saturated heterocycles. The second kappa shape index (κ2) is 8.30. The highest BCUT2D eigenvalue weighted by Crippen LogP contribution is 1.89. The molecule has 0 aliphatic carbocycles. The second-order valence-electron chi connectivity index (χ2n) is 2.73. The first kappa shape index (κ1) is 14.0. The third-order valence-electron chi connectivity index (χ3n) is 1.26. The summed E-state index contributed by atoms with van der Waals surface area (Å²) in [5, 5.41) is 0. The topological polar surface area (TPSA) is 63.8 Å². The standard InChI is InChI=1S/C7H21N3O3Si/c1-4-11-8-7(14,9-12-5-2)10-13-6-3/h8-10H,4-6H2,1-3,14H3. The van der Waals surface area contributed by atoms with Gasteiger partial charge in [-0.25, -0.2) is 0 Å². The Morgan fingerprint density at radius 2 is 1.14 bits per heavy atom. The van der Waals surface area contributed by atoms with Crippen molar-refractivity contribution in [2.75, 3.05) is 19.8 Å². The molecule has 14 heavy (non-hydrogen) atoms. The maximum absolute atomic E-state index is 5.09. The second-order valence-corrected chi connectivity index (χ2v) is 4.23. The van der Waals surface area contributed by atoms with Crippen LogP contribution in [0.4, 0.5) is 0 Å². The van der Waals surface area contributed by atoms with Crippen LogP contribution in [0.3, 0.4) is 0 Å². The first-order valence-electron chi connectivity index (χ1n) is 4.85. The molecule has 0 spiro atoms. The van der Waals surface area contributed by atoms with Gasteiger partial charge in [-0.1, -0.05) is 0 Å². The van der Waals surface area contributed by atoms with Crippen LogP contribution in [0, 0.1) is 0 Å². The fraction of sp³-hybridized carbons (Fsp3) is 1.00. The SMILES string of the molecule is CCONC([SiH3])(NOCC)NOCC. The van der Waals surface area contributed by atoms with Crippen molar-refractivity contribution in [2.24, 2.45) is 0 Å². The van der Waals surface area contributed by atoms with Crippen molar-refractivity contribution in [1.29, 1.82) is 0 Å². The van der Waals surface area contributed by atoms with E-state index < -0.39 is 5.41 Å². The zero-order valence-corrected chi connectivity index (χ0v) is 11.3. The van der Waals surface area contributed by atoms with Crippen molar-refractivity contribution < 1.29 is 14.5 Å². The van der Waals surface area contributed by atoms with Gasteiger partial charge in [0.2, 0.25) is 0 Å². The van der Waals surface area contributed by atoms with E-state index in [1.165, 1.54) is 0 Å². The van der Waals surface area contributed by atoms with Gasteiger partial charge in [0.05, 0.1) is 30.1 Å². The van der Waals surface area contributed by atoms with Gasteiger partial charge in [-0.15, -0.1) is 0 Å². The van der Waals surface area contributed by atoms with Crippen LogP contribution >= 0.6 is 0 Å². The predicted octanol–water partition coefficient (Wildman–Crippen LogP) is -1.41. The number of rotatable bonds is 9. The number of hydrogen-bond donors (Lipinski definition) is 3. The summed E-state index contributed by atoms with van der Waals surface area (Å²) in [4.78, 5) is 15.3. The molecule has 0 aliphatic heterocycles. The maximum Gasteiger partial charge on any atom is 0.162 e. The monoisotopic (exact) mass is 223 g/mol. The summed E-state index contributed by atoms with van der Waals surface area (Å²) in [7, 11) is 0.703. The summed E-state index contributed by atoms with van der Waals surface area (Å²) in [6.07, 6.45) is 0. The molecule has 0 bridgehead atoms. The Hall–Kier alpha value is -0.0231. The van der Waals surface area contributed by atoms with Crippen LogP contribution in [-0.2, 0) is 14.5 Å². The molecule has 0 aromatic carbocycles. The lowest BCUT2D eigenvalue weighted by Gasteiger charge is -2.30. The van der Waals surface area contributed by atoms with Crippen molar-refractivity contribution in [3.8, 4) is 0 Å². The lowest BCUT2D eigenvalue weighted by molar-refractivity contribution is -0.141. The van der Waals surface area contributed by atoms with E-state index in [0.29, 0.717) is 30.1 Å². The van der Waals surface area contributed by atoms with Gasteiger partial charge in [0.25, 0.3) is 0 Å². The quantitative estimate of drug-likeness (QED) is 0.253. The molecule has 0 fully saturated rings. The van der Waals surface area contributed by atoms with E-state index in [1.54, 1.807) is 0 Å². The van der Waals surface area contributed by atoms with E-state index >= 15 is 0 Å².